The van der Waals surface area contributed by atoms with Gasteiger partial charge in [-0.1, -0.05) is 23.7 Å². The fourth-order valence-corrected chi connectivity index (χ4v) is 1.91. The second kappa shape index (κ2) is 5.65. The zero-order valence-electron chi connectivity index (χ0n) is 10.5. The van der Waals surface area contributed by atoms with Crippen molar-refractivity contribution in [3.8, 4) is 0 Å². The molecule has 2 aromatic rings. The van der Waals surface area contributed by atoms with Crippen molar-refractivity contribution in [1.82, 2.24) is 0 Å². The molecule has 0 bridgehead atoms. The minimum atomic E-state index is -4.49. The molecule has 0 aromatic heterocycles. The highest BCUT2D eigenvalue weighted by Gasteiger charge is 2.31. The smallest absolute Gasteiger partial charge is 0.398 e. The molecule has 110 valence electrons. The van der Waals surface area contributed by atoms with Crippen LogP contribution in [0.2, 0.25) is 5.02 Å². The number of anilines is 2. The lowest BCUT2D eigenvalue weighted by Gasteiger charge is -2.11. The molecule has 0 aliphatic rings. The van der Waals surface area contributed by atoms with E-state index in [-0.39, 0.29) is 22.0 Å². The number of rotatable bonds is 2. The number of carbonyl (C=O) groups is 1. The second-order valence-electron chi connectivity index (χ2n) is 4.23. The zero-order chi connectivity index (χ0) is 15.6. The van der Waals surface area contributed by atoms with Gasteiger partial charge in [-0.05, 0) is 30.3 Å². The lowest BCUT2D eigenvalue weighted by Crippen LogP contribution is -2.14. The zero-order valence-corrected chi connectivity index (χ0v) is 11.3. The first-order valence-corrected chi connectivity index (χ1v) is 6.19. The molecule has 7 heteroatoms. The molecule has 0 spiro atoms. The minimum absolute atomic E-state index is 0.0814. The number of halogens is 4. The summed E-state index contributed by atoms with van der Waals surface area (Å²) in [4.78, 5) is 12.0. The molecule has 0 aliphatic carbocycles. The summed E-state index contributed by atoms with van der Waals surface area (Å²) in [6.07, 6.45) is -4.49. The van der Waals surface area contributed by atoms with Gasteiger partial charge in [0.2, 0.25) is 0 Å². The SMILES string of the molecule is Nc1ccccc1C(=O)Nc1ccc(C(F)(F)F)cc1Cl. The van der Waals surface area contributed by atoms with Crippen molar-refractivity contribution in [3.05, 3.63) is 58.6 Å². The first kappa shape index (κ1) is 15.2. The first-order valence-electron chi connectivity index (χ1n) is 5.81. The predicted octanol–water partition coefficient (Wildman–Crippen LogP) is 4.19. The third-order valence-corrected chi connectivity index (χ3v) is 3.06. The van der Waals surface area contributed by atoms with Gasteiger partial charge in [-0.3, -0.25) is 4.79 Å². The number of nitrogen functional groups attached to an aromatic ring is 1. The number of para-hydroxylation sites is 1. The van der Waals surface area contributed by atoms with Crippen molar-refractivity contribution in [2.24, 2.45) is 0 Å². The molecule has 0 unspecified atom stereocenters. The average molecular weight is 315 g/mol. The van der Waals surface area contributed by atoms with E-state index in [0.29, 0.717) is 0 Å². The molecular formula is C14H10ClF3N2O. The Kier molecular flexibility index (Phi) is 4.09. The standard InChI is InChI=1S/C14H10ClF3N2O/c15-10-7-8(14(16,17)18)5-6-12(10)20-13(21)9-3-1-2-4-11(9)19/h1-7H,19H2,(H,20,21). The van der Waals surface area contributed by atoms with Gasteiger partial charge in [0.1, 0.15) is 0 Å². The molecule has 0 aliphatic heterocycles. The largest absolute Gasteiger partial charge is 0.416 e. The van der Waals surface area contributed by atoms with Crippen molar-refractivity contribution in [2.75, 3.05) is 11.1 Å². The molecule has 2 rings (SSSR count). The van der Waals surface area contributed by atoms with E-state index in [1.165, 1.54) is 6.07 Å². The third-order valence-electron chi connectivity index (χ3n) is 2.75. The maximum Gasteiger partial charge on any atom is 0.416 e. The summed E-state index contributed by atoms with van der Waals surface area (Å²) in [7, 11) is 0. The van der Waals surface area contributed by atoms with Crippen LogP contribution < -0.4 is 11.1 Å². The monoisotopic (exact) mass is 314 g/mol. The lowest BCUT2D eigenvalue weighted by molar-refractivity contribution is -0.137. The Bertz CT molecular complexity index is 686. The summed E-state index contributed by atoms with van der Waals surface area (Å²) in [5.41, 5.74) is 5.33. The number of benzene rings is 2. The number of carbonyl (C=O) groups excluding carboxylic acids is 1. The summed E-state index contributed by atoms with van der Waals surface area (Å²) >= 11 is 5.76. The Morgan fingerprint density at radius 2 is 1.81 bits per heavy atom. The molecule has 1 amide bonds. The Morgan fingerprint density at radius 1 is 1.14 bits per heavy atom. The van der Waals surface area contributed by atoms with Gasteiger partial charge in [-0.2, -0.15) is 13.2 Å². The molecule has 2 aromatic carbocycles. The second-order valence-corrected chi connectivity index (χ2v) is 4.64. The molecule has 0 saturated heterocycles. The molecule has 3 N–H and O–H groups in total. The van der Waals surface area contributed by atoms with E-state index >= 15 is 0 Å². The van der Waals surface area contributed by atoms with Gasteiger partial charge >= 0.3 is 6.18 Å². The molecule has 0 heterocycles. The Hall–Kier alpha value is -2.21. The number of hydrogen-bond acceptors (Lipinski definition) is 2. The van der Waals surface area contributed by atoms with Crippen LogP contribution in [0.25, 0.3) is 0 Å². The van der Waals surface area contributed by atoms with E-state index in [2.05, 4.69) is 5.32 Å². The number of nitrogens with one attached hydrogen (secondary N) is 1. The van der Waals surface area contributed by atoms with E-state index < -0.39 is 17.6 Å². The Balaban J connectivity index is 2.25. The fourth-order valence-electron chi connectivity index (χ4n) is 1.69. The maximum absolute atomic E-state index is 12.5. The maximum atomic E-state index is 12.5. The van der Waals surface area contributed by atoms with Gasteiger partial charge in [-0.15, -0.1) is 0 Å². The van der Waals surface area contributed by atoms with E-state index in [4.69, 9.17) is 17.3 Å². The van der Waals surface area contributed by atoms with Crippen LogP contribution in [0.4, 0.5) is 24.5 Å². The summed E-state index contributed by atoms with van der Waals surface area (Å²) in [5.74, 6) is -0.547. The van der Waals surface area contributed by atoms with Gasteiger partial charge in [-0.25, -0.2) is 0 Å². The van der Waals surface area contributed by atoms with Crippen LogP contribution in [-0.4, -0.2) is 5.91 Å². The average Bonchev–Trinajstić information content (AvgIpc) is 2.40. The summed E-state index contributed by atoms with van der Waals surface area (Å²) in [6.45, 7) is 0. The van der Waals surface area contributed by atoms with Gasteiger partial charge in [0.05, 0.1) is 21.8 Å². The van der Waals surface area contributed by atoms with Crippen molar-refractivity contribution in [3.63, 3.8) is 0 Å². The Morgan fingerprint density at radius 3 is 2.38 bits per heavy atom. The van der Waals surface area contributed by atoms with E-state index in [0.717, 1.165) is 18.2 Å². The van der Waals surface area contributed by atoms with Gasteiger partial charge < -0.3 is 11.1 Å². The van der Waals surface area contributed by atoms with Crippen LogP contribution >= 0.6 is 11.6 Å². The normalized spacial score (nSPS) is 11.2. The van der Waals surface area contributed by atoms with Crippen molar-refractivity contribution in [1.29, 1.82) is 0 Å². The highest BCUT2D eigenvalue weighted by molar-refractivity contribution is 6.34. The molecule has 0 fully saturated rings. The molecule has 3 nitrogen and oxygen atoms in total. The van der Waals surface area contributed by atoms with Crippen LogP contribution in [0.15, 0.2) is 42.5 Å². The molecule has 0 radical (unpaired) electrons. The van der Waals surface area contributed by atoms with Gasteiger partial charge in [0.15, 0.2) is 0 Å². The first-order chi connectivity index (χ1) is 9.79. The summed E-state index contributed by atoms with van der Waals surface area (Å²) in [5, 5.41) is 2.23. The fraction of sp³-hybridized carbons (Fsp3) is 0.0714. The highest BCUT2D eigenvalue weighted by Crippen LogP contribution is 2.33. The lowest BCUT2D eigenvalue weighted by atomic mass is 10.1. The summed E-state index contributed by atoms with van der Waals surface area (Å²) < 4.78 is 37.6. The van der Waals surface area contributed by atoms with Crippen LogP contribution in [0.1, 0.15) is 15.9 Å². The number of nitrogens with two attached hydrogens (primary N) is 1. The van der Waals surface area contributed by atoms with Crippen LogP contribution in [0, 0.1) is 0 Å². The van der Waals surface area contributed by atoms with E-state index in [1.807, 2.05) is 0 Å². The number of amides is 1. The number of hydrogen-bond donors (Lipinski definition) is 2. The van der Waals surface area contributed by atoms with E-state index in [1.54, 1.807) is 18.2 Å². The van der Waals surface area contributed by atoms with Crippen LogP contribution in [0.3, 0.4) is 0 Å². The van der Waals surface area contributed by atoms with Gasteiger partial charge in [0, 0.05) is 5.69 Å². The number of alkyl halides is 3. The molecule has 21 heavy (non-hydrogen) atoms. The highest BCUT2D eigenvalue weighted by atomic mass is 35.5. The summed E-state index contributed by atoms with van der Waals surface area (Å²) in [6, 6.07) is 9.03. The topological polar surface area (TPSA) is 55.1 Å². The third kappa shape index (κ3) is 3.46. The van der Waals surface area contributed by atoms with Gasteiger partial charge in [0.25, 0.3) is 5.91 Å². The van der Waals surface area contributed by atoms with Crippen LogP contribution in [0.5, 0.6) is 0 Å². The predicted molar refractivity (Wildman–Crippen MR) is 75.3 cm³/mol. The van der Waals surface area contributed by atoms with Crippen molar-refractivity contribution >= 4 is 28.9 Å². The van der Waals surface area contributed by atoms with E-state index in [9.17, 15) is 18.0 Å². The van der Waals surface area contributed by atoms with Crippen LogP contribution in [-0.2, 0) is 6.18 Å². The van der Waals surface area contributed by atoms with Crippen molar-refractivity contribution in [2.45, 2.75) is 6.18 Å². The molecular weight excluding hydrogens is 305 g/mol. The Labute approximate surface area is 123 Å². The quantitative estimate of drug-likeness (QED) is 0.816. The van der Waals surface area contributed by atoms with Crippen molar-refractivity contribution < 1.29 is 18.0 Å². The molecule has 0 atom stereocenters. The minimum Gasteiger partial charge on any atom is -0.398 e. The molecule has 0 saturated carbocycles.